The van der Waals surface area contributed by atoms with Crippen LogP contribution in [0.5, 0.6) is 0 Å². The van der Waals surface area contributed by atoms with Crippen molar-refractivity contribution < 1.29 is 19.1 Å². The Morgan fingerprint density at radius 1 is 1.00 bits per heavy atom. The van der Waals surface area contributed by atoms with E-state index in [1.807, 2.05) is 11.9 Å². The van der Waals surface area contributed by atoms with Gasteiger partial charge in [-0.1, -0.05) is 12.1 Å². The second kappa shape index (κ2) is 6.26. The molecule has 0 radical (unpaired) electrons. The van der Waals surface area contributed by atoms with Crippen LogP contribution in [0.2, 0.25) is 0 Å². The van der Waals surface area contributed by atoms with Gasteiger partial charge in [-0.05, 0) is 31.3 Å². The van der Waals surface area contributed by atoms with E-state index in [4.69, 9.17) is 9.52 Å². The summed E-state index contributed by atoms with van der Waals surface area (Å²) in [5, 5.41) is 8.88. The summed E-state index contributed by atoms with van der Waals surface area (Å²) in [6.45, 7) is 3.23. The SMILES string of the molecule is CN1CCN(C(=O)c2ccc(-c3ccc(C(=O)O)o3)cc2)CC1. The van der Waals surface area contributed by atoms with Crippen LogP contribution in [0, 0.1) is 0 Å². The molecular weight excluding hydrogens is 296 g/mol. The molecule has 2 aromatic rings. The smallest absolute Gasteiger partial charge is 0.371 e. The zero-order valence-corrected chi connectivity index (χ0v) is 12.9. The zero-order chi connectivity index (χ0) is 16.4. The fourth-order valence-corrected chi connectivity index (χ4v) is 2.58. The third-order valence-electron chi connectivity index (χ3n) is 4.02. The Bertz CT molecular complexity index is 712. The number of furan rings is 1. The van der Waals surface area contributed by atoms with Crippen molar-refractivity contribution in [2.45, 2.75) is 0 Å². The second-order valence-electron chi connectivity index (χ2n) is 5.64. The molecule has 120 valence electrons. The van der Waals surface area contributed by atoms with Crippen molar-refractivity contribution in [2.24, 2.45) is 0 Å². The van der Waals surface area contributed by atoms with E-state index in [1.54, 1.807) is 30.3 Å². The number of carboxylic acid groups (broad SMARTS) is 1. The summed E-state index contributed by atoms with van der Waals surface area (Å²) in [5.41, 5.74) is 1.37. The number of aromatic carboxylic acids is 1. The largest absolute Gasteiger partial charge is 0.475 e. The number of benzene rings is 1. The second-order valence-corrected chi connectivity index (χ2v) is 5.64. The van der Waals surface area contributed by atoms with Crippen molar-refractivity contribution in [2.75, 3.05) is 33.2 Å². The quantitative estimate of drug-likeness (QED) is 0.938. The molecule has 6 nitrogen and oxygen atoms in total. The molecule has 0 aliphatic carbocycles. The lowest BCUT2D eigenvalue weighted by Crippen LogP contribution is -2.47. The van der Waals surface area contributed by atoms with E-state index in [9.17, 15) is 9.59 Å². The Balaban J connectivity index is 1.73. The van der Waals surface area contributed by atoms with E-state index in [-0.39, 0.29) is 11.7 Å². The zero-order valence-electron chi connectivity index (χ0n) is 12.9. The van der Waals surface area contributed by atoms with Gasteiger partial charge in [0.25, 0.3) is 5.91 Å². The number of rotatable bonds is 3. The van der Waals surface area contributed by atoms with Gasteiger partial charge in [-0.15, -0.1) is 0 Å². The highest BCUT2D eigenvalue weighted by molar-refractivity contribution is 5.94. The number of hydrogen-bond donors (Lipinski definition) is 1. The van der Waals surface area contributed by atoms with E-state index in [2.05, 4.69) is 4.90 Å². The summed E-state index contributed by atoms with van der Waals surface area (Å²) in [4.78, 5) is 27.3. The van der Waals surface area contributed by atoms with Crippen LogP contribution in [0.3, 0.4) is 0 Å². The van der Waals surface area contributed by atoms with Crippen molar-refractivity contribution in [1.82, 2.24) is 9.80 Å². The number of piperazine rings is 1. The Hall–Kier alpha value is -2.60. The Morgan fingerprint density at radius 2 is 1.65 bits per heavy atom. The predicted molar refractivity (Wildman–Crippen MR) is 84.5 cm³/mol. The van der Waals surface area contributed by atoms with E-state index in [1.165, 1.54) is 6.07 Å². The molecular formula is C17H18N2O4. The lowest BCUT2D eigenvalue weighted by atomic mass is 10.1. The molecule has 1 aliphatic heterocycles. The van der Waals surface area contributed by atoms with Gasteiger partial charge < -0.3 is 19.3 Å². The van der Waals surface area contributed by atoms with Crippen molar-refractivity contribution in [3.8, 4) is 11.3 Å². The highest BCUT2D eigenvalue weighted by Crippen LogP contribution is 2.23. The minimum absolute atomic E-state index is 0.0234. The summed E-state index contributed by atoms with van der Waals surface area (Å²) in [5.74, 6) is -0.702. The molecule has 1 N–H and O–H groups in total. The number of amides is 1. The topological polar surface area (TPSA) is 74.0 Å². The van der Waals surface area contributed by atoms with E-state index in [0.29, 0.717) is 11.3 Å². The molecule has 6 heteroatoms. The number of carbonyl (C=O) groups is 2. The average Bonchev–Trinajstić information content (AvgIpc) is 3.05. The van der Waals surface area contributed by atoms with Crippen LogP contribution in [0.15, 0.2) is 40.8 Å². The molecule has 0 unspecified atom stereocenters. The molecule has 1 amide bonds. The predicted octanol–water partition coefficient (Wildman–Crippen LogP) is 2.03. The van der Waals surface area contributed by atoms with Crippen LogP contribution < -0.4 is 0 Å². The number of hydrogen-bond acceptors (Lipinski definition) is 4. The van der Waals surface area contributed by atoms with Crippen LogP contribution in [-0.2, 0) is 0 Å². The maximum Gasteiger partial charge on any atom is 0.371 e. The van der Waals surface area contributed by atoms with Crippen LogP contribution in [0.4, 0.5) is 0 Å². The first-order chi connectivity index (χ1) is 11.0. The summed E-state index contributed by atoms with van der Waals surface area (Å²) < 4.78 is 5.26. The van der Waals surface area contributed by atoms with Gasteiger partial charge >= 0.3 is 5.97 Å². The van der Waals surface area contributed by atoms with Gasteiger partial charge in [0.2, 0.25) is 5.76 Å². The van der Waals surface area contributed by atoms with Gasteiger partial charge in [0.1, 0.15) is 5.76 Å². The van der Waals surface area contributed by atoms with Crippen molar-refractivity contribution in [3.05, 3.63) is 47.7 Å². The fraction of sp³-hybridized carbons (Fsp3) is 0.294. The number of carboxylic acids is 1. The molecule has 1 aromatic heterocycles. The first kappa shape index (κ1) is 15.3. The van der Waals surface area contributed by atoms with Crippen molar-refractivity contribution >= 4 is 11.9 Å². The van der Waals surface area contributed by atoms with Gasteiger partial charge in [0.05, 0.1) is 0 Å². The first-order valence-electron chi connectivity index (χ1n) is 7.46. The number of carbonyl (C=O) groups excluding carboxylic acids is 1. The molecule has 3 rings (SSSR count). The Kier molecular flexibility index (Phi) is 4.16. The standard InChI is InChI=1S/C17H18N2O4/c1-18-8-10-19(11-9-18)16(20)13-4-2-12(3-5-13)14-6-7-15(23-14)17(21)22/h2-7H,8-11H2,1H3,(H,21,22). The monoisotopic (exact) mass is 314 g/mol. The number of nitrogens with zero attached hydrogens (tertiary/aromatic N) is 2. The van der Waals surface area contributed by atoms with Crippen LogP contribution in [0.25, 0.3) is 11.3 Å². The lowest BCUT2D eigenvalue weighted by Gasteiger charge is -2.32. The normalized spacial score (nSPS) is 15.6. The maximum atomic E-state index is 12.5. The molecule has 0 bridgehead atoms. The molecule has 0 atom stereocenters. The van der Waals surface area contributed by atoms with Crippen molar-refractivity contribution in [3.63, 3.8) is 0 Å². The molecule has 0 saturated carbocycles. The van der Waals surface area contributed by atoms with E-state index >= 15 is 0 Å². The van der Waals surface area contributed by atoms with Crippen LogP contribution >= 0.6 is 0 Å². The fourth-order valence-electron chi connectivity index (χ4n) is 2.58. The summed E-state index contributed by atoms with van der Waals surface area (Å²) in [7, 11) is 2.05. The summed E-state index contributed by atoms with van der Waals surface area (Å²) >= 11 is 0. The van der Waals surface area contributed by atoms with Crippen molar-refractivity contribution in [1.29, 1.82) is 0 Å². The highest BCUT2D eigenvalue weighted by Gasteiger charge is 2.20. The maximum absolute atomic E-state index is 12.5. The average molecular weight is 314 g/mol. The third-order valence-corrected chi connectivity index (χ3v) is 4.02. The lowest BCUT2D eigenvalue weighted by molar-refractivity contribution is 0.0656. The van der Waals surface area contributed by atoms with Gasteiger partial charge in [-0.2, -0.15) is 0 Å². The molecule has 0 spiro atoms. The minimum atomic E-state index is -1.10. The van der Waals surface area contributed by atoms with Gasteiger partial charge in [0.15, 0.2) is 0 Å². The van der Waals surface area contributed by atoms with E-state index < -0.39 is 5.97 Å². The minimum Gasteiger partial charge on any atom is -0.475 e. The third kappa shape index (κ3) is 3.27. The molecule has 2 heterocycles. The van der Waals surface area contributed by atoms with E-state index in [0.717, 1.165) is 31.7 Å². The van der Waals surface area contributed by atoms with Gasteiger partial charge in [-0.3, -0.25) is 4.79 Å². The van der Waals surface area contributed by atoms with Gasteiger partial charge in [-0.25, -0.2) is 4.79 Å². The van der Waals surface area contributed by atoms with Crippen LogP contribution in [-0.4, -0.2) is 60.0 Å². The summed E-state index contributed by atoms with van der Waals surface area (Å²) in [6, 6.07) is 10.1. The Morgan fingerprint density at radius 3 is 2.22 bits per heavy atom. The molecule has 1 aliphatic rings. The van der Waals surface area contributed by atoms with Crippen LogP contribution in [0.1, 0.15) is 20.9 Å². The molecule has 1 saturated heterocycles. The molecule has 1 fully saturated rings. The first-order valence-corrected chi connectivity index (χ1v) is 7.46. The molecule has 1 aromatic carbocycles. The molecule has 23 heavy (non-hydrogen) atoms. The number of likely N-dealkylation sites (N-methyl/N-ethyl adjacent to an activating group) is 1. The van der Waals surface area contributed by atoms with Gasteiger partial charge in [0, 0.05) is 37.3 Å². The summed E-state index contributed by atoms with van der Waals surface area (Å²) in [6.07, 6.45) is 0. The highest BCUT2D eigenvalue weighted by atomic mass is 16.4. The Labute approximate surface area is 133 Å².